The Balaban J connectivity index is 2.47. The van der Waals surface area contributed by atoms with Gasteiger partial charge in [0.15, 0.2) is 5.78 Å². The van der Waals surface area contributed by atoms with Crippen molar-refractivity contribution in [1.29, 1.82) is 0 Å². The van der Waals surface area contributed by atoms with E-state index in [0.29, 0.717) is 0 Å². The van der Waals surface area contributed by atoms with Crippen molar-refractivity contribution < 1.29 is 4.79 Å². The van der Waals surface area contributed by atoms with E-state index in [0.717, 1.165) is 23.5 Å². The van der Waals surface area contributed by atoms with Gasteiger partial charge >= 0.3 is 0 Å². The van der Waals surface area contributed by atoms with Crippen molar-refractivity contribution in [1.82, 2.24) is 0 Å². The first kappa shape index (κ1) is 10.4. The summed E-state index contributed by atoms with van der Waals surface area (Å²) >= 11 is 0. The number of rotatable bonds is 1. The number of aryl methyl sites for hydroxylation is 2. The molecule has 0 amide bonds. The van der Waals surface area contributed by atoms with Crippen LogP contribution in [0.15, 0.2) is 12.1 Å². The molecule has 2 rings (SSSR count). The summed E-state index contributed by atoms with van der Waals surface area (Å²) in [5.74, 6) is 0.952. The molecular formula is C14H18O. The first-order valence-electron chi connectivity index (χ1n) is 5.71. The molecule has 0 N–H and O–H groups in total. The Hall–Kier alpha value is -1.11. The lowest BCUT2D eigenvalue weighted by Crippen LogP contribution is -2.13. The van der Waals surface area contributed by atoms with Gasteiger partial charge in [-0.05, 0) is 61.8 Å². The third-order valence-corrected chi connectivity index (χ3v) is 3.40. The third kappa shape index (κ3) is 1.97. The highest BCUT2D eigenvalue weighted by atomic mass is 16.1. The number of hydrogen-bond donors (Lipinski definition) is 0. The van der Waals surface area contributed by atoms with E-state index in [1.165, 1.54) is 24.0 Å². The Morgan fingerprint density at radius 2 is 2.07 bits per heavy atom. The topological polar surface area (TPSA) is 17.1 Å². The summed E-state index contributed by atoms with van der Waals surface area (Å²) in [4.78, 5) is 11.4. The van der Waals surface area contributed by atoms with Gasteiger partial charge in [0, 0.05) is 5.56 Å². The monoisotopic (exact) mass is 202 g/mol. The smallest absolute Gasteiger partial charge is 0.160 e. The molecule has 0 saturated carbocycles. The van der Waals surface area contributed by atoms with Crippen molar-refractivity contribution in [2.45, 2.75) is 40.0 Å². The molecule has 0 fully saturated rings. The minimum Gasteiger partial charge on any atom is -0.295 e. The highest BCUT2D eigenvalue weighted by Crippen LogP contribution is 2.27. The second-order valence-corrected chi connectivity index (χ2v) is 4.84. The van der Waals surface area contributed by atoms with E-state index in [-0.39, 0.29) is 5.78 Å². The van der Waals surface area contributed by atoms with Crippen LogP contribution in [0.5, 0.6) is 0 Å². The zero-order chi connectivity index (χ0) is 11.0. The fourth-order valence-electron chi connectivity index (χ4n) is 2.49. The fourth-order valence-corrected chi connectivity index (χ4v) is 2.49. The van der Waals surface area contributed by atoms with Gasteiger partial charge in [-0.25, -0.2) is 0 Å². The van der Waals surface area contributed by atoms with E-state index in [1.54, 1.807) is 6.92 Å². The van der Waals surface area contributed by atoms with Crippen LogP contribution in [0.2, 0.25) is 0 Å². The average molecular weight is 202 g/mol. The van der Waals surface area contributed by atoms with E-state index in [9.17, 15) is 4.79 Å². The average Bonchev–Trinajstić information content (AvgIpc) is 2.17. The molecule has 1 aromatic carbocycles. The summed E-state index contributed by atoms with van der Waals surface area (Å²) in [6, 6.07) is 4.32. The first-order valence-corrected chi connectivity index (χ1v) is 5.71. The maximum absolute atomic E-state index is 11.4. The van der Waals surface area contributed by atoms with Crippen LogP contribution in [-0.4, -0.2) is 5.78 Å². The normalized spacial score (nSPS) is 19.8. The molecule has 0 bridgehead atoms. The predicted molar refractivity (Wildman–Crippen MR) is 62.4 cm³/mol. The molecule has 0 radical (unpaired) electrons. The molecule has 80 valence electrons. The van der Waals surface area contributed by atoms with E-state index in [1.807, 2.05) is 6.92 Å². The maximum atomic E-state index is 11.4. The minimum atomic E-state index is 0.188. The quantitative estimate of drug-likeness (QED) is 0.638. The fraction of sp³-hybridized carbons (Fsp3) is 0.500. The van der Waals surface area contributed by atoms with Crippen molar-refractivity contribution >= 4 is 5.78 Å². The highest BCUT2D eigenvalue weighted by Gasteiger charge is 2.17. The molecule has 1 unspecified atom stereocenters. The molecular weight excluding hydrogens is 184 g/mol. The van der Waals surface area contributed by atoms with E-state index in [2.05, 4.69) is 19.1 Å². The SMILES string of the molecule is CC(=O)c1cc2c(cc1C)CCC(C)C2. The summed E-state index contributed by atoms with van der Waals surface area (Å²) in [6.45, 7) is 5.98. The van der Waals surface area contributed by atoms with Gasteiger partial charge in [0.05, 0.1) is 0 Å². The summed E-state index contributed by atoms with van der Waals surface area (Å²) in [5, 5.41) is 0. The number of carbonyl (C=O) groups is 1. The largest absolute Gasteiger partial charge is 0.295 e. The lowest BCUT2D eigenvalue weighted by atomic mass is 9.82. The highest BCUT2D eigenvalue weighted by molar-refractivity contribution is 5.95. The maximum Gasteiger partial charge on any atom is 0.160 e. The number of Topliss-reactive ketones (excluding diaryl/α,β-unsaturated/α-hetero) is 1. The third-order valence-electron chi connectivity index (χ3n) is 3.40. The minimum absolute atomic E-state index is 0.188. The van der Waals surface area contributed by atoms with Crippen molar-refractivity contribution in [3.63, 3.8) is 0 Å². The lowest BCUT2D eigenvalue weighted by molar-refractivity contribution is 0.101. The number of ketones is 1. The molecule has 0 aliphatic heterocycles. The second-order valence-electron chi connectivity index (χ2n) is 4.84. The Morgan fingerprint density at radius 1 is 1.33 bits per heavy atom. The van der Waals surface area contributed by atoms with Crippen LogP contribution in [0.1, 0.15) is 47.3 Å². The summed E-state index contributed by atoms with van der Waals surface area (Å²) in [6.07, 6.45) is 3.59. The van der Waals surface area contributed by atoms with E-state index >= 15 is 0 Å². The van der Waals surface area contributed by atoms with Crippen molar-refractivity contribution in [2.24, 2.45) is 5.92 Å². The lowest BCUT2D eigenvalue weighted by Gasteiger charge is -2.22. The molecule has 1 aliphatic carbocycles. The van der Waals surface area contributed by atoms with Crippen LogP contribution < -0.4 is 0 Å². The standard InChI is InChI=1S/C14H18O/c1-9-4-5-12-7-10(2)14(11(3)15)8-13(12)6-9/h7-9H,4-6H2,1-3H3. The second kappa shape index (κ2) is 3.80. The van der Waals surface area contributed by atoms with Crippen LogP contribution in [0.25, 0.3) is 0 Å². The molecule has 1 nitrogen and oxygen atoms in total. The van der Waals surface area contributed by atoms with E-state index < -0.39 is 0 Å². The molecule has 15 heavy (non-hydrogen) atoms. The molecule has 1 aliphatic rings. The molecule has 1 aromatic rings. The Labute approximate surface area is 91.5 Å². The summed E-state index contributed by atoms with van der Waals surface area (Å²) in [7, 11) is 0. The number of carbonyl (C=O) groups excluding carboxylic acids is 1. The number of benzene rings is 1. The van der Waals surface area contributed by atoms with Crippen LogP contribution in [0, 0.1) is 12.8 Å². The number of fused-ring (bicyclic) bond motifs is 1. The van der Waals surface area contributed by atoms with Crippen LogP contribution in [-0.2, 0) is 12.8 Å². The molecule has 0 spiro atoms. The number of hydrogen-bond acceptors (Lipinski definition) is 1. The van der Waals surface area contributed by atoms with Crippen LogP contribution in [0.3, 0.4) is 0 Å². The van der Waals surface area contributed by atoms with Gasteiger partial charge in [-0.1, -0.05) is 13.0 Å². The Bertz CT molecular complexity index is 404. The van der Waals surface area contributed by atoms with Gasteiger partial charge in [-0.3, -0.25) is 4.79 Å². The van der Waals surface area contributed by atoms with Crippen LogP contribution >= 0.6 is 0 Å². The van der Waals surface area contributed by atoms with Gasteiger partial charge in [-0.15, -0.1) is 0 Å². The van der Waals surface area contributed by atoms with Crippen molar-refractivity contribution in [2.75, 3.05) is 0 Å². The molecule has 0 aromatic heterocycles. The Kier molecular flexibility index (Phi) is 2.64. The van der Waals surface area contributed by atoms with Gasteiger partial charge in [0.25, 0.3) is 0 Å². The van der Waals surface area contributed by atoms with Crippen LogP contribution in [0.4, 0.5) is 0 Å². The zero-order valence-electron chi connectivity index (χ0n) is 9.76. The van der Waals surface area contributed by atoms with E-state index in [4.69, 9.17) is 0 Å². The van der Waals surface area contributed by atoms with Gasteiger partial charge in [0.2, 0.25) is 0 Å². The van der Waals surface area contributed by atoms with Gasteiger partial charge < -0.3 is 0 Å². The molecule has 1 atom stereocenters. The van der Waals surface area contributed by atoms with Gasteiger partial charge in [0.1, 0.15) is 0 Å². The van der Waals surface area contributed by atoms with Crippen molar-refractivity contribution in [3.05, 3.63) is 34.4 Å². The zero-order valence-corrected chi connectivity index (χ0v) is 9.76. The Morgan fingerprint density at radius 3 is 2.73 bits per heavy atom. The first-order chi connectivity index (χ1) is 7.08. The summed E-state index contributed by atoms with van der Waals surface area (Å²) in [5.41, 5.74) is 4.89. The molecule has 0 saturated heterocycles. The predicted octanol–water partition coefficient (Wildman–Crippen LogP) is 3.32. The van der Waals surface area contributed by atoms with Crippen molar-refractivity contribution in [3.8, 4) is 0 Å². The molecule has 0 heterocycles. The summed E-state index contributed by atoms with van der Waals surface area (Å²) < 4.78 is 0. The molecule has 1 heteroatoms. The van der Waals surface area contributed by atoms with Gasteiger partial charge in [-0.2, -0.15) is 0 Å².